The average molecular weight is 272 g/mol. The van der Waals surface area contributed by atoms with E-state index in [2.05, 4.69) is 5.32 Å². The number of carbonyl (C=O) groups excluding carboxylic acids is 1. The first-order valence-electron chi connectivity index (χ1n) is 5.45. The van der Waals surface area contributed by atoms with Crippen LogP contribution >= 0.6 is 11.6 Å². The highest BCUT2D eigenvalue weighted by Crippen LogP contribution is 2.21. The van der Waals surface area contributed by atoms with Gasteiger partial charge < -0.3 is 15.2 Å². The van der Waals surface area contributed by atoms with E-state index in [1.165, 1.54) is 18.2 Å². The molecule has 18 heavy (non-hydrogen) atoms. The van der Waals surface area contributed by atoms with E-state index in [0.717, 1.165) is 6.42 Å². The lowest BCUT2D eigenvalue weighted by Gasteiger charge is -2.09. The monoisotopic (exact) mass is 271 g/mol. The summed E-state index contributed by atoms with van der Waals surface area (Å²) in [6, 6.07) is 4.18. The number of anilines is 1. The Hall–Kier alpha value is -1.59. The predicted octanol–water partition coefficient (Wildman–Crippen LogP) is 2.40. The second kappa shape index (κ2) is 6.98. The zero-order valence-corrected chi connectivity index (χ0v) is 10.7. The van der Waals surface area contributed by atoms with E-state index in [0.29, 0.717) is 11.6 Å². The van der Waals surface area contributed by atoms with E-state index in [9.17, 15) is 9.59 Å². The highest BCUT2D eigenvalue weighted by molar-refractivity contribution is 6.31. The van der Waals surface area contributed by atoms with Crippen molar-refractivity contribution in [2.45, 2.75) is 13.3 Å². The zero-order valence-electron chi connectivity index (χ0n) is 9.90. The van der Waals surface area contributed by atoms with E-state index < -0.39 is 11.9 Å². The van der Waals surface area contributed by atoms with Crippen molar-refractivity contribution in [1.82, 2.24) is 0 Å². The number of hydrogen-bond donors (Lipinski definition) is 2. The van der Waals surface area contributed by atoms with E-state index >= 15 is 0 Å². The van der Waals surface area contributed by atoms with E-state index in [4.69, 9.17) is 21.4 Å². The first-order chi connectivity index (χ1) is 8.54. The van der Waals surface area contributed by atoms with Crippen LogP contribution < -0.4 is 5.32 Å². The Morgan fingerprint density at radius 3 is 2.78 bits per heavy atom. The van der Waals surface area contributed by atoms with Gasteiger partial charge in [-0.3, -0.25) is 4.79 Å². The minimum Gasteiger partial charge on any atom is -0.478 e. The molecule has 0 atom stereocenters. The van der Waals surface area contributed by atoms with Crippen LogP contribution in [0.5, 0.6) is 0 Å². The van der Waals surface area contributed by atoms with E-state index in [1.807, 2.05) is 6.92 Å². The number of benzene rings is 1. The van der Waals surface area contributed by atoms with Crippen molar-refractivity contribution < 1.29 is 19.4 Å². The molecule has 0 aliphatic carbocycles. The lowest BCUT2D eigenvalue weighted by molar-refractivity contribution is -0.120. The second-order valence-electron chi connectivity index (χ2n) is 3.60. The first-order valence-corrected chi connectivity index (χ1v) is 5.82. The smallest absolute Gasteiger partial charge is 0.337 e. The molecule has 98 valence electrons. The summed E-state index contributed by atoms with van der Waals surface area (Å²) in [5.74, 6) is -1.54. The second-order valence-corrected chi connectivity index (χ2v) is 4.03. The minimum atomic E-state index is -1.13. The Kier molecular flexibility index (Phi) is 5.61. The molecule has 0 aromatic heterocycles. The molecule has 0 bridgehead atoms. The van der Waals surface area contributed by atoms with Gasteiger partial charge in [-0.1, -0.05) is 18.5 Å². The standard InChI is InChI=1S/C12H14ClNO4/c1-2-5-18-7-11(15)14-10-6-8(13)3-4-9(10)12(16)17/h3-4,6H,2,5,7H2,1H3,(H,14,15)(H,16,17). The maximum atomic E-state index is 11.5. The Bertz CT molecular complexity index is 448. The van der Waals surface area contributed by atoms with Crippen molar-refractivity contribution in [1.29, 1.82) is 0 Å². The van der Waals surface area contributed by atoms with Gasteiger partial charge in [-0.15, -0.1) is 0 Å². The molecule has 0 aliphatic rings. The molecule has 0 unspecified atom stereocenters. The minimum absolute atomic E-state index is 0.0109. The summed E-state index contributed by atoms with van der Waals surface area (Å²) in [6.45, 7) is 2.30. The number of hydrogen-bond acceptors (Lipinski definition) is 3. The number of carbonyl (C=O) groups is 2. The van der Waals surface area contributed by atoms with Gasteiger partial charge in [0.1, 0.15) is 6.61 Å². The number of aromatic carboxylic acids is 1. The third kappa shape index (κ3) is 4.35. The maximum Gasteiger partial charge on any atom is 0.337 e. The van der Waals surface area contributed by atoms with Gasteiger partial charge in [-0.25, -0.2) is 4.79 Å². The average Bonchev–Trinajstić information content (AvgIpc) is 2.29. The molecule has 0 saturated carbocycles. The number of halogens is 1. The zero-order chi connectivity index (χ0) is 13.5. The number of ether oxygens (including phenoxy) is 1. The Labute approximate surface area is 110 Å². The fraction of sp³-hybridized carbons (Fsp3) is 0.333. The van der Waals surface area contributed by atoms with Crippen molar-refractivity contribution in [3.8, 4) is 0 Å². The Balaban J connectivity index is 2.73. The van der Waals surface area contributed by atoms with Crippen molar-refractivity contribution >= 4 is 29.2 Å². The lowest BCUT2D eigenvalue weighted by Crippen LogP contribution is -2.20. The summed E-state index contributed by atoms with van der Waals surface area (Å²) < 4.78 is 5.05. The summed E-state index contributed by atoms with van der Waals surface area (Å²) in [5, 5.41) is 11.8. The quantitative estimate of drug-likeness (QED) is 0.779. The Morgan fingerprint density at radius 2 is 2.17 bits per heavy atom. The van der Waals surface area contributed by atoms with Crippen molar-refractivity contribution in [2.75, 3.05) is 18.5 Å². The van der Waals surface area contributed by atoms with Crippen LogP contribution in [-0.2, 0) is 9.53 Å². The van der Waals surface area contributed by atoms with Gasteiger partial charge in [0.15, 0.2) is 0 Å². The fourth-order valence-corrected chi connectivity index (χ4v) is 1.47. The van der Waals surface area contributed by atoms with Crippen molar-refractivity contribution in [2.24, 2.45) is 0 Å². The summed E-state index contributed by atoms with van der Waals surface area (Å²) in [5.41, 5.74) is 0.156. The summed E-state index contributed by atoms with van der Waals surface area (Å²) in [6.07, 6.45) is 0.810. The molecule has 5 nitrogen and oxygen atoms in total. The van der Waals surface area contributed by atoms with Crippen LogP contribution in [0.2, 0.25) is 5.02 Å². The Morgan fingerprint density at radius 1 is 1.44 bits per heavy atom. The number of nitrogens with one attached hydrogen (secondary N) is 1. The summed E-state index contributed by atoms with van der Waals surface area (Å²) in [4.78, 5) is 22.5. The molecule has 2 N–H and O–H groups in total. The molecule has 1 aromatic carbocycles. The molecule has 0 radical (unpaired) electrons. The summed E-state index contributed by atoms with van der Waals surface area (Å²) in [7, 11) is 0. The van der Waals surface area contributed by atoms with Gasteiger partial charge in [0.05, 0.1) is 11.3 Å². The van der Waals surface area contributed by atoms with Gasteiger partial charge in [0.2, 0.25) is 5.91 Å². The van der Waals surface area contributed by atoms with Crippen LogP contribution in [0.4, 0.5) is 5.69 Å². The van der Waals surface area contributed by atoms with Crippen LogP contribution in [0.25, 0.3) is 0 Å². The normalized spacial score (nSPS) is 10.1. The van der Waals surface area contributed by atoms with Gasteiger partial charge in [0.25, 0.3) is 0 Å². The molecule has 0 fully saturated rings. The predicted molar refractivity (Wildman–Crippen MR) is 68.2 cm³/mol. The van der Waals surface area contributed by atoms with Crippen LogP contribution in [0.3, 0.4) is 0 Å². The third-order valence-corrected chi connectivity index (χ3v) is 2.30. The highest BCUT2D eigenvalue weighted by atomic mass is 35.5. The molecule has 1 aromatic rings. The van der Waals surface area contributed by atoms with Gasteiger partial charge >= 0.3 is 5.97 Å². The van der Waals surface area contributed by atoms with Crippen LogP contribution in [0.15, 0.2) is 18.2 Å². The van der Waals surface area contributed by atoms with Gasteiger partial charge in [-0.05, 0) is 24.6 Å². The molecular formula is C12H14ClNO4. The highest BCUT2D eigenvalue weighted by Gasteiger charge is 2.12. The fourth-order valence-electron chi connectivity index (χ4n) is 1.30. The van der Waals surface area contributed by atoms with Crippen molar-refractivity contribution in [3.05, 3.63) is 28.8 Å². The summed E-state index contributed by atoms with van der Waals surface area (Å²) >= 11 is 5.76. The number of rotatable bonds is 6. The molecule has 0 spiro atoms. The maximum absolute atomic E-state index is 11.5. The largest absolute Gasteiger partial charge is 0.478 e. The molecular weight excluding hydrogens is 258 g/mol. The SMILES string of the molecule is CCCOCC(=O)Nc1cc(Cl)ccc1C(=O)O. The number of carboxylic acids is 1. The first kappa shape index (κ1) is 14.5. The molecule has 6 heteroatoms. The topological polar surface area (TPSA) is 75.6 Å². The van der Waals surface area contributed by atoms with E-state index in [1.54, 1.807) is 0 Å². The van der Waals surface area contributed by atoms with Gasteiger partial charge in [0, 0.05) is 11.6 Å². The van der Waals surface area contributed by atoms with Crippen LogP contribution in [0.1, 0.15) is 23.7 Å². The molecule has 1 amide bonds. The third-order valence-electron chi connectivity index (χ3n) is 2.07. The van der Waals surface area contributed by atoms with Crippen LogP contribution in [-0.4, -0.2) is 30.2 Å². The number of carboxylic acid groups (broad SMARTS) is 1. The number of amides is 1. The molecule has 0 heterocycles. The van der Waals surface area contributed by atoms with Gasteiger partial charge in [-0.2, -0.15) is 0 Å². The molecule has 1 rings (SSSR count). The molecule has 0 aliphatic heterocycles. The van der Waals surface area contributed by atoms with Crippen molar-refractivity contribution in [3.63, 3.8) is 0 Å². The lowest BCUT2D eigenvalue weighted by atomic mass is 10.2. The molecule has 0 saturated heterocycles. The van der Waals surface area contributed by atoms with Crippen LogP contribution in [0, 0.1) is 0 Å². The van der Waals surface area contributed by atoms with E-state index in [-0.39, 0.29) is 17.9 Å².